The Labute approximate surface area is 145 Å². The second-order valence-corrected chi connectivity index (χ2v) is 5.70. The number of rotatable bonds is 8. The maximum absolute atomic E-state index is 10.9. The van der Waals surface area contributed by atoms with Crippen LogP contribution >= 0.6 is 11.8 Å². The number of anilines is 1. The molecular formula is C17H19NO5S. The molecule has 0 bridgehead atoms. The van der Waals surface area contributed by atoms with Crippen LogP contribution in [-0.4, -0.2) is 34.8 Å². The minimum Gasteiger partial charge on any atom is -0.493 e. The van der Waals surface area contributed by atoms with Crippen LogP contribution in [0.1, 0.15) is 0 Å². The van der Waals surface area contributed by atoms with Crippen molar-refractivity contribution in [1.82, 2.24) is 0 Å². The average Bonchev–Trinajstić information content (AvgIpc) is 2.62. The second-order valence-electron chi connectivity index (χ2n) is 4.58. The van der Waals surface area contributed by atoms with E-state index in [2.05, 4.69) is 5.32 Å². The smallest absolute Gasteiger partial charge is 0.211 e. The lowest BCUT2D eigenvalue weighted by Crippen LogP contribution is -1.99. The van der Waals surface area contributed by atoms with Crippen molar-refractivity contribution in [3.63, 3.8) is 0 Å². The van der Waals surface area contributed by atoms with Gasteiger partial charge in [0.2, 0.25) is 6.41 Å². The molecule has 0 heterocycles. The van der Waals surface area contributed by atoms with E-state index in [1.165, 1.54) is 11.8 Å². The molecule has 0 aromatic heterocycles. The third-order valence-electron chi connectivity index (χ3n) is 3.28. The fourth-order valence-electron chi connectivity index (χ4n) is 2.13. The van der Waals surface area contributed by atoms with Gasteiger partial charge in [-0.05, 0) is 18.2 Å². The minimum absolute atomic E-state index is 0.540. The van der Waals surface area contributed by atoms with Gasteiger partial charge in [-0.15, -0.1) is 0 Å². The molecule has 2 rings (SSSR count). The predicted molar refractivity (Wildman–Crippen MR) is 92.9 cm³/mol. The molecule has 24 heavy (non-hydrogen) atoms. The Morgan fingerprint density at radius 1 is 0.833 bits per heavy atom. The van der Waals surface area contributed by atoms with Crippen molar-refractivity contribution in [1.29, 1.82) is 0 Å². The molecule has 0 unspecified atom stereocenters. The van der Waals surface area contributed by atoms with Crippen LogP contribution in [0.2, 0.25) is 0 Å². The van der Waals surface area contributed by atoms with Gasteiger partial charge < -0.3 is 24.3 Å². The highest BCUT2D eigenvalue weighted by molar-refractivity contribution is 7.99. The average molecular weight is 349 g/mol. The van der Waals surface area contributed by atoms with E-state index in [-0.39, 0.29) is 0 Å². The predicted octanol–water partition coefficient (Wildman–Crippen LogP) is 3.44. The number of methoxy groups -OCH3 is 4. The van der Waals surface area contributed by atoms with Crippen LogP contribution in [0.15, 0.2) is 40.1 Å². The number of ether oxygens (including phenoxy) is 4. The van der Waals surface area contributed by atoms with Gasteiger partial charge in [0.15, 0.2) is 23.0 Å². The van der Waals surface area contributed by atoms with E-state index in [1.54, 1.807) is 34.5 Å². The molecule has 0 fully saturated rings. The Morgan fingerprint density at radius 3 is 2.00 bits per heavy atom. The molecule has 0 radical (unpaired) electrons. The molecule has 6 nitrogen and oxygen atoms in total. The first kappa shape index (κ1) is 17.8. The molecule has 2 aromatic rings. The molecule has 0 aliphatic rings. The molecule has 0 saturated carbocycles. The fraction of sp³-hybridized carbons (Fsp3) is 0.235. The number of carbonyl (C=O) groups excluding carboxylic acids is 1. The van der Waals surface area contributed by atoms with Crippen molar-refractivity contribution in [2.75, 3.05) is 33.8 Å². The van der Waals surface area contributed by atoms with E-state index in [4.69, 9.17) is 18.9 Å². The van der Waals surface area contributed by atoms with Crippen LogP contribution in [0.25, 0.3) is 0 Å². The van der Waals surface area contributed by atoms with E-state index in [0.29, 0.717) is 35.1 Å². The lowest BCUT2D eigenvalue weighted by Gasteiger charge is -2.14. The largest absolute Gasteiger partial charge is 0.493 e. The van der Waals surface area contributed by atoms with E-state index in [1.807, 2.05) is 24.3 Å². The molecular weight excluding hydrogens is 330 g/mol. The lowest BCUT2D eigenvalue weighted by molar-refractivity contribution is -0.105. The van der Waals surface area contributed by atoms with Crippen molar-refractivity contribution in [3.8, 4) is 23.0 Å². The van der Waals surface area contributed by atoms with Gasteiger partial charge in [-0.3, -0.25) is 4.79 Å². The normalized spacial score (nSPS) is 10.0. The Morgan fingerprint density at radius 2 is 1.42 bits per heavy atom. The Kier molecular flexibility index (Phi) is 6.20. The van der Waals surface area contributed by atoms with Crippen LogP contribution in [0.3, 0.4) is 0 Å². The van der Waals surface area contributed by atoms with Gasteiger partial charge in [0.05, 0.1) is 34.1 Å². The second kappa shape index (κ2) is 8.35. The SMILES string of the molecule is COc1ccc(Sc2cc(OC)c(OC)cc2NC=O)cc1OC. The van der Waals surface area contributed by atoms with Crippen molar-refractivity contribution < 1.29 is 23.7 Å². The van der Waals surface area contributed by atoms with Gasteiger partial charge in [0.25, 0.3) is 0 Å². The van der Waals surface area contributed by atoms with Crippen LogP contribution in [0.5, 0.6) is 23.0 Å². The van der Waals surface area contributed by atoms with Crippen molar-refractivity contribution in [2.24, 2.45) is 0 Å². The highest BCUT2D eigenvalue weighted by Crippen LogP contribution is 2.42. The summed E-state index contributed by atoms with van der Waals surface area (Å²) in [6.07, 6.45) is 0.625. The van der Waals surface area contributed by atoms with Gasteiger partial charge in [-0.1, -0.05) is 11.8 Å². The quantitative estimate of drug-likeness (QED) is 0.737. The molecule has 0 atom stereocenters. The van der Waals surface area contributed by atoms with Gasteiger partial charge in [0.1, 0.15) is 0 Å². The van der Waals surface area contributed by atoms with Crippen LogP contribution in [-0.2, 0) is 4.79 Å². The van der Waals surface area contributed by atoms with E-state index in [9.17, 15) is 4.79 Å². The molecule has 0 saturated heterocycles. The topological polar surface area (TPSA) is 66.0 Å². The highest BCUT2D eigenvalue weighted by Gasteiger charge is 2.13. The summed E-state index contributed by atoms with van der Waals surface area (Å²) in [7, 11) is 6.28. The molecule has 2 aromatic carbocycles. The molecule has 7 heteroatoms. The molecule has 0 aliphatic heterocycles. The van der Waals surface area contributed by atoms with Gasteiger partial charge in [0, 0.05) is 21.9 Å². The highest BCUT2D eigenvalue weighted by atomic mass is 32.2. The lowest BCUT2D eigenvalue weighted by atomic mass is 10.2. The standard InChI is InChI=1S/C17H19NO5S/c1-20-13-6-5-11(7-14(13)21-2)24-17-9-16(23-4)15(22-3)8-12(17)18-10-19/h5-10H,1-4H3,(H,18,19). The summed E-state index contributed by atoms with van der Waals surface area (Å²) in [5.74, 6) is 2.41. The summed E-state index contributed by atoms with van der Waals surface area (Å²) >= 11 is 1.46. The number of benzene rings is 2. The van der Waals surface area contributed by atoms with E-state index < -0.39 is 0 Å². The Balaban J connectivity index is 2.42. The Bertz CT molecular complexity index is 720. The molecule has 128 valence electrons. The molecule has 1 amide bonds. The van der Waals surface area contributed by atoms with Crippen LogP contribution in [0, 0.1) is 0 Å². The minimum atomic E-state index is 0.540. The third-order valence-corrected chi connectivity index (χ3v) is 4.33. The number of carbonyl (C=O) groups is 1. The van der Waals surface area contributed by atoms with Crippen molar-refractivity contribution in [3.05, 3.63) is 30.3 Å². The maximum atomic E-state index is 10.9. The third kappa shape index (κ3) is 3.86. The maximum Gasteiger partial charge on any atom is 0.211 e. The Hall–Kier alpha value is -2.54. The van der Waals surface area contributed by atoms with Crippen molar-refractivity contribution in [2.45, 2.75) is 9.79 Å². The van der Waals surface area contributed by atoms with Crippen LogP contribution < -0.4 is 24.3 Å². The number of hydrogen-bond donors (Lipinski definition) is 1. The van der Waals surface area contributed by atoms with Gasteiger partial charge >= 0.3 is 0 Å². The molecule has 0 spiro atoms. The molecule has 1 N–H and O–H groups in total. The summed E-state index contributed by atoms with van der Waals surface area (Å²) in [4.78, 5) is 12.6. The zero-order valence-corrected chi connectivity index (χ0v) is 14.7. The number of nitrogens with one attached hydrogen (secondary N) is 1. The number of hydrogen-bond acceptors (Lipinski definition) is 6. The van der Waals surface area contributed by atoms with Crippen molar-refractivity contribution >= 4 is 23.9 Å². The first-order chi connectivity index (χ1) is 11.7. The monoisotopic (exact) mass is 349 g/mol. The van der Waals surface area contributed by atoms with E-state index >= 15 is 0 Å². The summed E-state index contributed by atoms with van der Waals surface area (Å²) in [6.45, 7) is 0. The first-order valence-corrected chi connectivity index (χ1v) is 7.84. The summed E-state index contributed by atoms with van der Waals surface area (Å²) in [6, 6.07) is 9.13. The van der Waals surface area contributed by atoms with Gasteiger partial charge in [-0.25, -0.2) is 0 Å². The summed E-state index contributed by atoms with van der Waals surface area (Å²) in [5.41, 5.74) is 0.627. The van der Waals surface area contributed by atoms with Gasteiger partial charge in [-0.2, -0.15) is 0 Å². The van der Waals surface area contributed by atoms with Crippen LogP contribution in [0.4, 0.5) is 5.69 Å². The van der Waals surface area contributed by atoms with E-state index in [0.717, 1.165) is 9.79 Å². The summed E-state index contributed by atoms with van der Waals surface area (Å²) in [5, 5.41) is 2.68. The zero-order valence-electron chi connectivity index (χ0n) is 13.9. The fourth-order valence-corrected chi connectivity index (χ4v) is 3.08. The summed E-state index contributed by atoms with van der Waals surface area (Å²) < 4.78 is 21.2. The number of amides is 1. The zero-order chi connectivity index (χ0) is 17.5. The first-order valence-electron chi connectivity index (χ1n) is 7.02. The molecule has 0 aliphatic carbocycles.